The largest absolute Gasteiger partial charge is 0.481 e. The number of aliphatic carboxylic acids is 1. The molecule has 2 heterocycles. The first-order valence-corrected chi connectivity index (χ1v) is 13.4. The average Bonchev–Trinajstić information content (AvgIpc) is 3.21. The van der Waals surface area contributed by atoms with Crippen LogP contribution in [0.25, 0.3) is 11.1 Å². The second kappa shape index (κ2) is 13.5. The fourth-order valence-corrected chi connectivity index (χ4v) is 5.57. The standard InChI is InChI=1S/C19H17F2NO2.C8H15N.C6H5NO/c1-4-22-16(10-17(23)24)14-8-13(9-15(20)19(14)21)18-11(2)6-5-7-12(18)3;1-8(2)6-4-9(3)5-7(6)8;8-5-6-2-1-3-7-4-6/h1,5-9,16,22H,10H2,2-3H3,(H,23,24);6-7H,4-5H2,1-3H3;1-5H. The first-order chi connectivity index (χ1) is 19.4. The molecule has 2 fully saturated rings. The Bertz CT molecular complexity index is 1380. The van der Waals surface area contributed by atoms with Crippen molar-refractivity contribution >= 4 is 12.3 Å². The second-order valence-electron chi connectivity index (χ2n) is 11.2. The number of carbonyl (C=O) groups is 2. The van der Waals surface area contributed by atoms with Crippen molar-refractivity contribution in [3.05, 3.63) is 88.7 Å². The lowest BCUT2D eigenvalue weighted by atomic mass is 9.92. The van der Waals surface area contributed by atoms with Crippen molar-refractivity contribution in [2.75, 3.05) is 20.1 Å². The fraction of sp³-hybridized carbons (Fsp3) is 0.364. The van der Waals surface area contributed by atoms with Crippen LogP contribution in [0.3, 0.4) is 0 Å². The first-order valence-electron chi connectivity index (χ1n) is 13.4. The summed E-state index contributed by atoms with van der Waals surface area (Å²) in [5.41, 5.74) is 4.30. The van der Waals surface area contributed by atoms with Crippen LogP contribution in [0, 0.1) is 55.2 Å². The minimum absolute atomic E-state index is 0.104. The number of carboxylic acids is 1. The predicted molar refractivity (Wildman–Crippen MR) is 156 cm³/mol. The minimum atomic E-state index is -1.17. The number of hydrogen-bond donors (Lipinski definition) is 2. The van der Waals surface area contributed by atoms with Gasteiger partial charge in [-0.1, -0.05) is 38.5 Å². The molecule has 0 bridgehead atoms. The maximum absolute atomic E-state index is 14.2. The van der Waals surface area contributed by atoms with E-state index in [4.69, 9.17) is 11.5 Å². The molecule has 3 aromatic rings. The third-order valence-electron chi connectivity index (χ3n) is 7.96. The van der Waals surface area contributed by atoms with Gasteiger partial charge in [0.25, 0.3) is 0 Å². The lowest BCUT2D eigenvalue weighted by Gasteiger charge is -2.18. The van der Waals surface area contributed by atoms with E-state index in [2.05, 4.69) is 42.1 Å². The molecule has 5 rings (SSSR count). The summed E-state index contributed by atoms with van der Waals surface area (Å²) < 4.78 is 28.4. The molecule has 0 radical (unpaired) electrons. The van der Waals surface area contributed by atoms with Crippen LogP contribution >= 0.6 is 0 Å². The van der Waals surface area contributed by atoms with Gasteiger partial charge in [0, 0.05) is 42.7 Å². The van der Waals surface area contributed by atoms with E-state index < -0.39 is 30.1 Å². The highest BCUT2D eigenvalue weighted by Gasteiger charge is 2.61. The summed E-state index contributed by atoms with van der Waals surface area (Å²) in [7, 11) is 2.22. The molecule has 1 saturated carbocycles. The van der Waals surface area contributed by atoms with Gasteiger partial charge < -0.3 is 15.3 Å². The molecular weight excluding hydrogens is 524 g/mol. The van der Waals surface area contributed by atoms with Crippen molar-refractivity contribution in [3.8, 4) is 23.6 Å². The number of hydrogen-bond acceptors (Lipinski definition) is 5. The number of benzene rings is 2. The SMILES string of the molecule is C#CNC(CC(=O)O)c1cc(-c2c(C)cccc2C)cc(F)c1F.CN1CC2C(C1)C2(C)C.O=Cc1cccnc1. The van der Waals surface area contributed by atoms with Gasteiger partial charge in [-0.05, 0) is 84.7 Å². The average molecular weight is 562 g/mol. The molecular formula is C33H37F2N3O3. The highest BCUT2D eigenvalue weighted by Crippen LogP contribution is 2.61. The fourth-order valence-electron chi connectivity index (χ4n) is 5.57. The maximum Gasteiger partial charge on any atom is 0.305 e. The maximum atomic E-state index is 14.2. The Morgan fingerprint density at radius 1 is 1.20 bits per heavy atom. The molecule has 1 aromatic heterocycles. The van der Waals surface area contributed by atoms with Crippen molar-refractivity contribution in [1.29, 1.82) is 0 Å². The number of aromatic nitrogens is 1. The van der Waals surface area contributed by atoms with Gasteiger partial charge in [0.15, 0.2) is 17.9 Å². The minimum Gasteiger partial charge on any atom is -0.481 e. The zero-order chi connectivity index (χ0) is 30.3. The van der Waals surface area contributed by atoms with Crippen LogP contribution in [0.15, 0.2) is 54.9 Å². The van der Waals surface area contributed by atoms with Crippen LogP contribution in [0.4, 0.5) is 8.78 Å². The summed E-state index contributed by atoms with van der Waals surface area (Å²) >= 11 is 0. The van der Waals surface area contributed by atoms with Crippen LogP contribution in [-0.4, -0.2) is 47.4 Å². The van der Waals surface area contributed by atoms with Crippen LogP contribution in [0.5, 0.6) is 0 Å². The number of pyridine rings is 1. The van der Waals surface area contributed by atoms with Crippen molar-refractivity contribution in [3.63, 3.8) is 0 Å². The Labute approximate surface area is 240 Å². The quantitative estimate of drug-likeness (QED) is 0.217. The number of nitrogens with one attached hydrogen (secondary N) is 1. The van der Waals surface area contributed by atoms with E-state index in [1.165, 1.54) is 25.4 Å². The summed E-state index contributed by atoms with van der Waals surface area (Å²) in [6.45, 7) is 11.2. The second-order valence-corrected chi connectivity index (χ2v) is 11.2. The number of terminal acetylenes is 1. The highest BCUT2D eigenvalue weighted by molar-refractivity contribution is 5.74. The zero-order valence-corrected chi connectivity index (χ0v) is 24.1. The Hall–Kier alpha value is -4.09. The van der Waals surface area contributed by atoms with E-state index >= 15 is 0 Å². The van der Waals surface area contributed by atoms with Crippen LogP contribution in [-0.2, 0) is 4.79 Å². The number of aryl methyl sites for hydroxylation is 2. The van der Waals surface area contributed by atoms with E-state index in [-0.39, 0.29) is 5.56 Å². The molecule has 41 heavy (non-hydrogen) atoms. The lowest BCUT2D eigenvalue weighted by molar-refractivity contribution is -0.137. The van der Waals surface area contributed by atoms with Gasteiger partial charge in [0.2, 0.25) is 0 Å². The Balaban J connectivity index is 0.000000218. The molecule has 3 unspecified atom stereocenters. The number of nitrogens with zero attached hydrogens (tertiary/aromatic N) is 2. The number of carbonyl (C=O) groups excluding carboxylic acids is 1. The molecule has 6 nitrogen and oxygen atoms in total. The van der Waals surface area contributed by atoms with Crippen LogP contribution in [0.1, 0.15) is 53.4 Å². The molecule has 0 spiro atoms. The van der Waals surface area contributed by atoms with Crippen molar-refractivity contribution in [2.45, 2.75) is 40.2 Å². The summed E-state index contributed by atoms with van der Waals surface area (Å²) in [6, 6.07) is 12.7. The van der Waals surface area contributed by atoms with Gasteiger partial charge in [0.05, 0.1) is 12.5 Å². The number of likely N-dealkylation sites (tertiary alicyclic amines) is 1. The molecule has 3 atom stereocenters. The lowest BCUT2D eigenvalue weighted by Crippen LogP contribution is -2.21. The van der Waals surface area contributed by atoms with Gasteiger partial charge in [-0.15, -0.1) is 0 Å². The highest BCUT2D eigenvalue weighted by atomic mass is 19.2. The molecule has 2 aromatic carbocycles. The van der Waals surface area contributed by atoms with Gasteiger partial charge in [-0.25, -0.2) is 8.78 Å². The van der Waals surface area contributed by atoms with Gasteiger partial charge in [-0.2, -0.15) is 0 Å². The molecule has 1 aliphatic heterocycles. The molecule has 2 N–H and O–H groups in total. The van der Waals surface area contributed by atoms with Gasteiger partial charge in [0.1, 0.15) is 0 Å². The van der Waals surface area contributed by atoms with Gasteiger partial charge in [-0.3, -0.25) is 14.6 Å². The van der Waals surface area contributed by atoms with E-state index in [0.717, 1.165) is 40.9 Å². The number of fused-ring (bicyclic) bond motifs is 1. The van der Waals surface area contributed by atoms with Crippen molar-refractivity contribution in [1.82, 2.24) is 15.2 Å². The Kier molecular flexibility index (Phi) is 10.4. The normalized spacial score (nSPS) is 18.8. The third kappa shape index (κ3) is 7.77. The molecule has 1 saturated heterocycles. The molecule has 1 aliphatic carbocycles. The van der Waals surface area contributed by atoms with E-state index in [0.29, 0.717) is 16.5 Å². The summed E-state index contributed by atoms with van der Waals surface area (Å²) in [6.07, 6.45) is 8.62. The van der Waals surface area contributed by atoms with Crippen LogP contribution in [0.2, 0.25) is 0 Å². The number of aldehydes is 1. The van der Waals surface area contributed by atoms with Gasteiger partial charge >= 0.3 is 5.97 Å². The molecule has 8 heteroatoms. The Morgan fingerprint density at radius 3 is 2.29 bits per heavy atom. The van der Waals surface area contributed by atoms with E-state index in [9.17, 15) is 18.4 Å². The molecule has 0 amide bonds. The number of halogens is 2. The molecule has 2 aliphatic rings. The van der Waals surface area contributed by atoms with Crippen LogP contribution < -0.4 is 5.32 Å². The number of piperidine rings is 1. The zero-order valence-electron chi connectivity index (χ0n) is 24.1. The summed E-state index contributed by atoms with van der Waals surface area (Å²) in [5, 5.41) is 11.4. The van der Waals surface area contributed by atoms with Crippen molar-refractivity contribution in [2.24, 2.45) is 17.3 Å². The summed E-state index contributed by atoms with van der Waals surface area (Å²) in [4.78, 5) is 27.1. The Morgan fingerprint density at radius 2 is 1.83 bits per heavy atom. The topological polar surface area (TPSA) is 82.5 Å². The van der Waals surface area contributed by atoms with E-state index in [1.807, 2.05) is 32.0 Å². The monoisotopic (exact) mass is 561 g/mol. The number of carboxylic acid groups (broad SMARTS) is 1. The smallest absolute Gasteiger partial charge is 0.305 e. The van der Waals surface area contributed by atoms with Crippen molar-refractivity contribution < 1.29 is 23.5 Å². The van der Waals surface area contributed by atoms with E-state index in [1.54, 1.807) is 18.3 Å². The predicted octanol–water partition coefficient (Wildman–Crippen LogP) is 6.04. The summed E-state index contributed by atoms with van der Waals surface area (Å²) in [5.74, 6) is -1.25. The molecule has 216 valence electrons. The number of rotatable bonds is 6. The first kappa shape index (κ1) is 31.4. The third-order valence-corrected chi connectivity index (χ3v) is 7.96.